The highest BCUT2D eigenvalue weighted by molar-refractivity contribution is 5.98. The molecule has 1 amide bonds. The number of nitrogens with zero attached hydrogens (tertiary/aromatic N) is 4. The summed E-state index contributed by atoms with van der Waals surface area (Å²) in [6.45, 7) is 0.344. The van der Waals surface area contributed by atoms with Crippen molar-refractivity contribution in [3.63, 3.8) is 0 Å². The van der Waals surface area contributed by atoms with Crippen LogP contribution in [0.2, 0.25) is 0 Å². The number of benzene rings is 1. The van der Waals surface area contributed by atoms with E-state index in [0.717, 1.165) is 11.1 Å². The van der Waals surface area contributed by atoms with E-state index in [0.29, 0.717) is 34.4 Å². The molecule has 2 aliphatic rings. The standard InChI is InChI=1S/C27H24F3N5O2/c1-27(2,31)24-17(28)9-14(12-32-24)13-7-8-35-18(10-13)22-16-11-19(23(22)33-35)34(3)25(36)15-5-4-6-20(21(15)16)37-26(29)30/h4-10,12,16,19,26H,11,31H2,1-3H3. The summed E-state index contributed by atoms with van der Waals surface area (Å²) in [7, 11) is 1.69. The van der Waals surface area contributed by atoms with Gasteiger partial charge < -0.3 is 15.4 Å². The van der Waals surface area contributed by atoms with Gasteiger partial charge >= 0.3 is 6.61 Å². The number of hydrogen-bond donors (Lipinski definition) is 1. The first-order valence-electron chi connectivity index (χ1n) is 11.9. The van der Waals surface area contributed by atoms with Crippen LogP contribution in [0.15, 0.2) is 48.8 Å². The van der Waals surface area contributed by atoms with Crippen LogP contribution in [-0.2, 0) is 5.54 Å². The van der Waals surface area contributed by atoms with Crippen molar-refractivity contribution in [2.75, 3.05) is 7.05 Å². The number of rotatable bonds is 4. The predicted octanol–water partition coefficient (Wildman–Crippen LogP) is 4.99. The zero-order valence-electron chi connectivity index (χ0n) is 20.4. The third-order valence-electron chi connectivity index (χ3n) is 7.26. The summed E-state index contributed by atoms with van der Waals surface area (Å²) < 4.78 is 48.0. The second-order valence-corrected chi connectivity index (χ2v) is 10.1. The maximum Gasteiger partial charge on any atom is 0.387 e. The Labute approximate surface area is 210 Å². The number of ether oxygens (including phenoxy) is 1. The lowest BCUT2D eigenvalue weighted by Crippen LogP contribution is -2.31. The Morgan fingerprint density at radius 1 is 1.16 bits per heavy atom. The zero-order chi connectivity index (χ0) is 26.2. The molecule has 6 rings (SSSR count). The summed E-state index contributed by atoms with van der Waals surface area (Å²) in [6.07, 6.45) is 3.83. The number of nitrogens with two attached hydrogens (primary N) is 1. The first-order valence-corrected chi connectivity index (χ1v) is 11.9. The van der Waals surface area contributed by atoms with E-state index >= 15 is 0 Å². The molecule has 1 aromatic carbocycles. The van der Waals surface area contributed by atoms with Crippen molar-refractivity contribution in [2.24, 2.45) is 5.73 Å². The van der Waals surface area contributed by atoms with Gasteiger partial charge in [0.1, 0.15) is 11.6 Å². The van der Waals surface area contributed by atoms with Crippen LogP contribution in [0.25, 0.3) is 16.6 Å². The van der Waals surface area contributed by atoms with Gasteiger partial charge in [0, 0.05) is 47.6 Å². The highest BCUT2D eigenvalue weighted by Crippen LogP contribution is 2.53. The number of halogens is 3. The molecule has 0 radical (unpaired) electrons. The summed E-state index contributed by atoms with van der Waals surface area (Å²) in [5, 5.41) is 4.75. The Balaban J connectivity index is 1.53. The van der Waals surface area contributed by atoms with E-state index in [2.05, 4.69) is 4.98 Å². The minimum Gasteiger partial charge on any atom is -0.434 e. The molecule has 2 N–H and O–H groups in total. The summed E-state index contributed by atoms with van der Waals surface area (Å²) in [6, 6.07) is 9.40. The summed E-state index contributed by atoms with van der Waals surface area (Å²) >= 11 is 0. The Bertz CT molecular complexity index is 1580. The van der Waals surface area contributed by atoms with Gasteiger partial charge in [0.25, 0.3) is 5.91 Å². The molecule has 2 atom stereocenters. The number of carbonyl (C=O) groups is 1. The van der Waals surface area contributed by atoms with Gasteiger partial charge in [-0.25, -0.2) is 8.91 Å². The van der Waals surface area contributed by atoms with Gasteiger partial charge in [-0.2, -0.15) is 13.9 Å². The number of alkyl halides is 2. The minimum absolute atomic E-state index is 0.0190. The fraction of sp³-hybridized carbons (Fsp3) is 0.296. The van der Waals surface area contributed by atoms with Crippen LogP contribution in [0.4, 0.5) is 13.2 Å². The number of aromatic nitrogens is 3. The number of hydrogen-bond acceptors (Lipinski definition) is 5. The normalized spacial score (nSPS) is 18.8. The van der Waals surface area contributed by atoms with Crippen molar-refractivity contribution < 1.29 is 22.7 Å². The van der Waals surface area contributed by atoms with Crippen LogP contribution in [0.3, 0.4) is 0 Å². The SMILES string of the molecule is CN1C(=O)c2cccc(OC(F)F)c2C2CC1c1nn3ccc(-c4cnc(C(C)(C)N)c(F)c4)cc3c12. The van der Waals surface area contributed by atoms with Crippen molar-refractivity contribution in [1.29, 1.82) is 0 Å². The van der Waals surface area contributed by atoms with Crippen molar-refractivity contribution in [1.82, 2.24) is 19.5 Å². The highest BCUT2D eigenvalue weighted by atomic mass is 19.3. The largest absolute Gasteiger partial charge is 0.434 e. The minimum atomic E-state index is -3.03. The van der Waals surface area contributed by atoms with E-state index in [1.807, 2.05) is 6.07 Å². The molecule has 7 nitrogen and oxygen atoms in total. The van der Waals surface area contributed by atoms with Crippen LogP contribution in [0, 0.1) is 5.82 Å². The smallest absolute Gasteiger partial charge is 0.387 e. The summed E-state index contributed by atoms with van der Waals surface area (Å²) in [4.78, 5) is 19.1. The quantitative estimate of drug-likeness (QED) is 0.421. The first-order chi connectivity index (χ1) is 17.5. The fourth-order valence-corrected chi connectivity index (χ4v) is 5.61. The second-order valence-electron chi connectivity index (χ2n) is 10.1. The van der Waals surface area contributed by atoms with Gasteiger partial charge in [-0.1, -0.05) is 6.07 Å². The molecule has 4 heterocycles. The Hall–Kier alpha value is -3.92. The fourth-order valence-electron chi connectivity index (χ4n) is 5.61. The average Bonchev–Trinajstić information content (AvgIpc) is 3.35. The molecule has 0 saturated heterocycles. The van der Waals surface area contributed by atoms with Crippen molar-refractivity contribution in [3.8, 4) is 16.9 Å². The zero-order valence-corrected chi connectivity index (χ0v) is 20.4. The van der Waals surface area contributed by atoms with Crippen LogP contribution in [-0.4, -0.2) is 39.1 Å². The van der Waals surface area contributed by atoms with Gasteiger partial charge in [-0.3, -0.25) is 9.78 Å². The topological polar surface area (TPSA) is 85.8 Å². The maximum atomic E-state index is 14.8. The highest BCUT2D eigenvalue weighted by Gasteiger charge is 2.46. The van der Waals surface area contributed by atoms with E-state index < -0.39 is 18.0 Å². The van der Waals surface area contributed by atoms with Gasteiger partial charge in [0.05, 0.1) is 28.5 Å². The molecule has 0 spiro atoms. The average molecular weight is 508 g/mol. The van der Waals surface area contributed by atoms with Crippen LogP contribution in [0.1, 0.15) is 65.1 Å². The molecular weight excluding hydrogens is 483 g/mol. The second kappa shape index (κ2) is 8.04. The summed E-state index contributed by atoms with van der Waals surface area (Å²) in [5.74, 6) is -1.18. The first kappa shape index (κ1) is 23.5. The van der Waals surface area contributed by atoms with E-state index in [-0.39, 0.29) is 29.3 Å². The predicted molar refractivity (Wildman–Crippen MR) is 130 cm³/mol. The number of amides is 1. The molecular formula is C27H24F3N5O2. The molecule has 190 valence electrons. The number of fused-ring (bicyclic) bond motifs is 9. The molecule has 2 unspecified atom stereocenters. The van der Waals surface area contributed by atoms with E-state index in [1.54, 1.807) is 60.9 Å². The van der Waals surface area contributed by atoms with E-state index in [4.69, 9.17) is 15.6 Å². The molecule has 2 bridgehead atoms. The van der Waals surface area contributed by atoms with Gasteiger partial charge in [0.15, 0.2) is 0 Å². The Kier molecular flexibility index (Phi) is 5.10. The van der Waals surface area contributed by atoms with Crippen molar-refractivity contribution in [3.05, 3.63) is 82.7 Å². The van der Waals surface area contributed by atoms with Crippen LogP contribution in [0.5, 0.6) is 5.75 Å². The lowest BCUT2D eigenvalue weighted by molar-refractivity contribution is -0.0505. The Morgan fingerprint density at radius 2 is 1.95 bits per heavy atom. The summed E-state index contributed by atoms with van der Waals surface area (Å²) in [5.41, 5.74) is 9.61. The third-order valence-corrected chi connectivity index (χ3v) is 7.26. The van der Waals surface area contributed by atoms with Crippen molar-refractivity contribution in [2.45, 2.75) is 44.4 Å². The van der Waals surface area contributed by atoms with Gasteiger partial charge in [0.2, 0.25) is 0 Å². The molecule has 1 aliphatic carbocycles. The lowest BCUT2D eigenvalue weighted by Gasteiger charge is -2.23. The van der Waals surface area contributed by atoms with Crippen molar-refractivity contribution >= 4 is 11.4 Å². The maximum absolute atomic E-state index is 14.8. The lowest BCUT2D eigenvalue weighted by atomic mass is 9.88. The number of carbonyl (C=O) groups excluding carboxylic acids is 1. The molecule has 1 aliphatic heterocycles. The molecule has 0 fully saturated rings. The van der Waals surface area contributed by atoms with E-state index in [9.17, 15) is 18.0 Å². The Morgan fingerprint density at radius 3 is 2.65 bits per heavy atom. The van der Waals surface area contributed by atoms with E-state index in [1.165, 1.54) is 12.1 Å². The number of pyridine rings is 2. The molecule has 4 aromatic rings. The molecule has 10 heteroatoms. The monoisotopic (exact) mass is 507 g/mol. The van der Waals surface area contributed by atoms with Crippen LogP contribution >= 0.6 is 0 Å². The third kappa shape index (κ3) is 3.58. The van der Waals surface area contributed by atoms with Crippen LogP contribution < -0.4 is 10.5 Å². The van der Waals surface area contributed by atoms with Gasteiger partial charge in [-0.15, -0.1) is 0 Å². The molecule has 0 saturated carbocycles. The van der Waals surface area contributed by atoms with Gasteiger partial charge in [-0.05, 0) is 56.2 Å². The molecule has 3 aromatic heterocycles. The molecule has 37 heavy (non-hydrogen) atoms.